The van der Waals surface area contributed by atoms with Gasteiger partial charge in [-0.3, -0.25) is 4.98 Å². The fraction of sp³-hybridized carbons (Fsp3) is 0.211. The number of rotatable bonds is 3. The molecule has 4 nitrogen and oxygen atoms in total. The van der Waals surface area contributed by atoms with Crippen LogP contribution in [0.4, 0.5) is 4.39 Å². The van der Waals surface area contributed by atoms with Gasteiger partial charge in [-0.1, -0.05) is 6.07 Å². The first kappa shape index (κ1) is 14.8. The normalized spacial score (nSPS) is 12.9. The van der Waals surface area contributed by atoms with Crippen molar-refractivity contribution in [2.45, 2.75) is 26.2 Å². The molecule has 0 N–H and O–H groups in total. The Hall–Kier alpha value is -2.82. The molecule has 24 heavy (non-hydrogen) atoms. The van der Waals surface area contributed by atoms with Gasteiger partial charge in [0.15, 0.2) is 5.82 Å². The highest BCUT2D eigenvalue weighted by Gasteiger charge is 2.21. The van der Waals surface area contributed by atoms with E-state index < -0.39 is 0 Å². The average molecular weight is 321 g/mol. The third-order valence-corrected chi connectivity index (χ3v) is 4.19. The van der Waals surface area contributed by atoms with E-state index in [1.807, 2.05) is 12.1 Å². The SMILES string of the molecule is Cc1ccc(Oc2nc(-c3ccncc3)nc3c2CCC3)cc1F. The summed E-state index contributed by atoms with van der Waals surface area (Å²) >= 11 is 0. The highest BCUT2D eigenvalue weighted by molar-refractivity contribution is 5.56. The summed E-state index contributed by atoms with van der Waals surface area (Å²) < 4.78 is 19.7. The number of benzene rings is 1. The predicted molar refractivity (Wildman–Crippen MR) is 88.5 cm³/mol. The third kappa shape index (κ3) is 2.73. The van der Waals surface area contributed by atoms with Crippen LogP contribution in [0.2, 0.25) is 0 Å². The van der Waals surface area contributed by atoms with Crippen LogP contribution in [0.3, 0.4) is 0 Å². The topological polar surface area (TPSA) is 47.9 Å². The number of halogens is 1. The third-order valence-electron chi connectivity index (χ3n) is 4.19. The van der Waals surface area contributed by atoms with E-state index in [1.165, 1.54) is 6.07 Å². The van der Waals surface area contributed by atoms with Gasteiger partial charge in [0, 0.05) is 29.6 Å². The van der Waals surface area contributed by atoms with E-state index in [9.17, 15) is 4.39 Å². The van der Waals surface area contributed by atoms with Crippen molar-refractivity contribution in [3.05, 3.63) is 65.4 Å². The first-order valence-corrected chi connectivity index (χ1v) is 7.95. The van der Waals surface area contributed by atoms with Crippen molar-refractivity contribution < 1.29 is 9.13 Å². The smallest absolute Gasteiger partial charge is 0.226 e. The lowest BCUT2D eigenvalue weighted by Crippen LogP contribution is -2.01. The summed E-state index contributed by atoms with van der Waals surface area (Å²) in [6.07, 6.45) is 6.25. The van der Waals surface area contributed by atoms with Gasteiger partial charge in [0.25, 0.3) is 0 Å². The molecule has 0 atom stereocenters. The largest absolute Gasteiger partial charge is 0.438 e. The van der Waals surface area contributed by atoms with Crippen LogP contribution >= 0.6 is 0 Å². The molecule has 0 aliphatic heterocycles. The number of aryl methyl sites for hydroxylation is 2. The number of ether oxygens (including phenoxy) is 1. The molecular weight excluding hydrogens is 305 g/mol. The summed E-state index contributed by atoms with van der Waals surface area (Å²) in [5.41, 5.74) is 3.51. The minimum absolute atomic E-state index is 0.285. The molecule has 1 aromatic carbocycles. The van der Waals surface area contributed by atoms with Crippen LogP contribution in [0.1, 0.15) is 23.2 Å². The molecule has 0 amide bonds. The van der Waals surface area contributed by atoms with E-state index in [1.54, 1.807) is 31.5 Å². The van der Waals surface area contributed by atoms with Gasteiger partial charge in [-0.15, -0.1) is 0 Å². The zero-order valence-electron chi connectivity index (χ0n) is 13.3. The zero-order valence-corrected chi connectivity index (χ0v) is 13.3. The Bertz CT molecular complexity index is 897. The zero-order chi connectivity index (χ0) is 16.5. The quantitative estimate of drug-likeness (QED) is 0.723. The molecule has 0 saturated carbocycles. The Labute approximate surface area is 139 Å². The highest BCUT2D eigenvalue weighted by atomic mass is 19.1. The Morgan fingerprint density at radius 1 is 1.04 bits per heavy atom. The molecule has 1 aliphatic rings. The van der Waals surface area contributed by atoms with Crippen molar-refractivity contribution in [1.82, 2.24) is 15.0 Å². The Kier molecular flexibility index (Phi) is 3.69. The van der Waals surface area contributed by atoms with E-state index in [-0.39, 0.29) is 5.82 Å². The van der Waals surface area contributed by atoms with E-state index >= 15 is 0 Å². The number of fused-ring (bicyclic) bond motifs is 1. The fourth-order valence-corrected chi connectivity index (χ4v) is 2.86. The molecule has 0 spiro atoms. The van der Waals surface area contributed by atoms with Gasteiger partial charge < -0.3 is 4.74 Å². The van der Waals surface area contributed by atoms with E-state index in [0.29, 0.717) is 23.0 Å². The summed E-state index contributed by atoms with van der Waals surface area (Å²) in [6.45, 7) is 1.73. The molecule has 1 aliphatic carbocycles. The molecule has 0 unspecified atom stereocenters. The molecule has 120 valence electrons. The number of nitrogens with zero attached hydrogens (tertiary/aromatic N) is 3. The first-order valence-electron chi connectivity index (χ1n) is 7.95. The summed E-state index contributed by atoms with van der Waals surface area (Å²) in [7, 11) is 0. The lowest BCUT2D eigenvalue weighted by molar-refractivity contribution is 0.451. The van der Waals surface area contributed by atoms with Gasteiger partial charge >= 0.3 is 0 Å². The molecule has 0 saturated heterocycles. The number of hydrogen-bond donors (Lipinski definition) is 0. The van der Waals surface area contributed by atoms with E-state index in [0.717, 1.165) is 36.1 Å². The van der Waals surface area contributed by atoms with Crippen LogP contribution in [-0.2, 0) is 12.8 Å². The number of hydrogen-bond acceptors (Lipinski definition) is 4. The summed E-state index contributed by atoms with van der Waals surface area (Å²) in [5.74, 6) is 1.30. The monoisotopic (exact) mass is 321 g/mol. The second-order valence-electron chi connectivity index (χ2n) is 5.88. The fourth-order valence-electron chi connectivity index (χ4n) is 2.86. The minimum Gasteiger partial charge on any atom is -0.438 e. The maximum Gasteiger partial charge on any atom is 0.226 e. The predicted octanol–water partition coefficient (Wildman–Crippen LogP) is 4.27. The second-order valence-corrected chi connectivity index (χ2v) is 5.88. The van der Waals surface area contributed by atoms with Crippen LogP contribution in [0.5, 0.6) is 11.6 Å². The molecule has 0 bridgehead atoms. The number of aromatic nitrogens is 3. The maximum absolute atomic E-state index is 13.8. The Balaban J connectivity index is 1.76. The van der Waals surface area contributed by atoms with Gasteiger partial charge in [-0.05, 0) is 49.9 Å². The number of pyridine rings is 1. The minimum atomic E-state index is -0.285. The van der Waals surface area contributed by atoms with Crippen molar-refractivity contribution >= 4 is 0 Å². The molecule has 5 heteroatoms. The summed E-state index contributed by atoms with van der Waals surface area (Å²) in [5, 5.41) is 0. The molecule has 0 fully saturated rings. The van der Waals surface area contributed by atoms with Crippen molar-refractivity contribution in [3.8, 4) is 23.0 Å². The van der Waals surface area contributed by atoms with Crippen LogP contribution in [0.15, 0.2) is 42.7 Å². The van der Waals surface area contributed by atoms with Crippen molar-refractivity contribution in [3.63, 3.8) is 0 Å². The maximum atomic E-state index is 13.8. The van der Waals surface area contributed by atoms with E-state index in [4.69, 9.17) is 4.74 Å². The average Bonchev–Trinajstić information content (AvgIpc) is 3.08. The Morgan fingerprint density at radius 2 is 1.88 bits per heavy atom. The van der Waals surface area contributed by atoms with Crippen LogP contribution in [-0.4, -0.2) is 15.0 Å². The highest BCUT2D eigenvalue weighted by Crippen LogP contribution is 2.33. The first-order chi connectivity index (χ1) is 11.7. The molecule has 2 aromatic heterocycles. The van der Waals surface area contributed by atoms with Crippen LogP contribution in [0.25, 0.3) is 11.4 Å². The van der Waals surface area contributed by atoms with Gasteiger partial charge in [0.2, 0.25) is 5.88 Å². The molecule has 3 aromatic rings. The second kappa shape index (κ2) is 6.00. The Morgan fingerprint density at radius 3 is 2.67 bits per heavy atom. The molecule has 0 radical (unpaired) electrons. The van der Waals surface area contributed by atoms with Gasteiger partial charge in [-0.2, -0.15) is 4.98 Å². The van der Waals surface area contributed by atoms with Crippen molar-refractivity contribution in [2.75, 3.05) is 0 Å². The lowest BCUT2D eigenvalue weighted by atomic mass is 10.2. The van der Waals surface area contributed by atoms with Crippen molar-refractivity contribution in [1.29, 1.82) is 0 Å². The van der Waals surface area contributed by atoms with E-state index in [2.05, 4.69) is 15.0 Å². The summed E-state index contributed by atoms with van der Waals surface area (Å²) in [4.78, 5) is 13.3. The standard InChI is InChI=1S/C19H16FN3O/c1-12-5-6-14(11-16(12)20)24-19-15-3-2-4-17(15)22-18(23-19)13-7-9-21-10-8-13/h5-11H,2-4H2,1H3. The molecule has 4 rings (SSSR count). The lowest BCUT2D eigenvalue weighted by Gasteiger charge is -2.12. The van der Waals surface area contributed by atoms with Crippen molar-refractivity contribution in [2.24, 2.45) is 0 Å². The summed E-state index contributed by atoms with van der Waals surface area (Å²) in [6, 6.07) is 8.59. The molecule has 2 heterocycles. The van der Waals surface area contributed by atoms with Gasteiger partial charge in [-0.25, -0.2) is 9.37 Å². The van der Waals surface area contributed by atoms with Gasteiger partial charge in [0.05, 0.1) is 5.69 Å². The van der Waals surface area contributed by atoms with Crippen LogP contribution in [0, 0.1) is 12.7 Å². The van der Waals surface area contributed by atoms with Crippen LogP contribution < -0.4 is 4.74 Å². The van der Waals surface area contributed by atoms with Gasteiger partial charge in [0.1, 0.15) is 11.6 Å². The molecular formula is C19H16FN3O.